The zero-order valence-electron chi connectivity index (χ0n) is 8.20. The van der Waals surface area contributed by atoms with Crippen molar-refractivity contribution in [1.29, 1.82) is 0 Å². The molecule has 1 rings (SSSR count). The first-order chi connectivity index (χ1) is 7.13. The Labute approximate surface area is 91.2 Å². The van der Waals surface area contributed by atoms with Crippen LogP contribution < -0.4 is 4.74 Å². The maximum Gasteiger partial charge on any atom is 0.313 e. The molecule has 0 aliphatic carbocycles. The number of aliphatic carboxylic acids is 1. The molecule has 0 spiro atoms. The Kier molecular flexibility index (Phi) is 4.42. The minimum absolute atomic E-state index is 0.0224. The molecule has 1 aromatic carbocycles. The monoisotopic (exact) mass is 230 g/mol. The summed E-state index contributed by atoms with van der Waals surface area (Å²) in [4.78, 5) is 10.2. The molecule has 0 bridgehead atoms. The van der Waals surface area contributed by atoms with Crippen LogP contribution in [0.2, 0.25) is 0 Å². The highest BCUT2D eigenvalue weighted by Crippen LogP contribution is 2.20. The molecule has 82 valence electrons. The number of carboxylic acids is 1. The quantitative estimate of drug-likeness (QED) is 0.842. The maximum absolute atomic E-state index is 13.3. The second-order valence-electron chi connectivity index (χ2n) is 2.84. The molecule has 3 nitrogen and oxygen atoms in total. The van der Waals surface area contributed by atoms with Crippen LogP contribution in [0.5, 0.6) is 5.75 Å². The summed E-state index contributed by atoms with van der Waals surface area (Å²) < 4.78 is 18.2. The fourth-order valence-electron chi connectivity index (χ4n) is 1.02. The first-order valence-electron chi connectivity index (χ1n) is 4.25. The molecule has 15 heavy (non-hydrogen) atoms. The summed E-state index contributed by atoms with van der Waals surface area (Å²) >= 11 is 1.16. The first kappa shape index (κ1) is 11.8. The van der Waals surface area contributed by atoms with Gasteiger partial charge < -0.3 is 9.84 Å². The van der Waals surface area contributed by atoms with Crippen molar-refractivity contribution in [2.75, 3.05) is 12.9 Å². The summed E-state index contributed by atoms with van der Waals surface area (Å²) in [5.41, 5.74) is 0.488. The average Bonchev–Trinajstić information content (AvgIpc) is 2.20. The summed E-state index contributed by atoms with van der Waals surface area (Å²) in [6.07, 6.45) is 0. The summed E-state index contributed by atoms with van der Waals surface area (Å²) in [7, 11) is 1.47. The number of hydrogen-bond acceptors (Lipinski definition) is 3. The molecule has 1 aromatic rings. The fourth-order valence-corrected chi connectivity index (χ4v) is 1.75. The smallest absolute Gasteiger partial charge is 0.313 e. The minimum Gasteiger partial charge on any atom is -0.497 e. The molecule has 0 fully saturated rings. The highest BCUT2D eigenvalue weighted by atomic mass is 32.2. The Morgan fingerprint density at radius 1 is 1.60 bits per heavy atom. The highest BCUT2D eigenvalue weighted by molar-refractivity contribution is 7.99. The second-order valence-corrected chi connectivity index (χ2v) is 3.83. The Morgan fingerprint density at radius 3 is 2.87 bits per heavy atom. The zero-order valence-corrected chi connectivity index (χ0v) is 9.01. The van der Waals surface area contributed by atoms with E-state index in [2.05, 4.69) is 0 Å². The number of carbonyl (C=O) groups is 1. The number of thioether (sulfide) groups is 1. The number of methoxy groups -OCH3 is 1. The van der Waals surface area contributed by atoms with Gasteiger partial charge >= 0.3 is 5.97 Å². The minimum atomic E-state index is -0.895. The van der Waals surface area contributed by atoms with Gasteiger partial charge in [0.15, 0.2) is 0 Å². The molecule has 5 heteroatoms. The molecule has 0 saturated carbocycles. The lowest BCUT2D eigenvalue weighted by molar-refractivity contribution is -0.133. The van der Waals surface area contributed by atoms with Crippen molar-refractivity contribution in [1.82, 2.24) is 0 Å². The van der Waals surface area contributed by atoms with Gasteiger partial charge in [-0.25, -0.2) is 4.39 Å². The van der Waals surface area contributed by atoms with Crippen molar-refractivity contribution in [3.8, 4) is 5.75 Å². The van der Waals surface area contributed by atoms with Gasteiger partial charge in [-0.3, -0.25) is 4.79 Å². The standard InChI is InChI=1S/C10H11FO3S/c1-14-8-3-2-7(9(11)4-8)5-15-6-10(12)13/h2-4H,5-6H2,1H3,(H,12,13). The second kappa shape index (κ2) is 5.60. The third-order valence-corrected chi connectivity index (χ3v) is 2.71. The van der Waals surface area contributed by atoms with Gasteiger partial charge in [0.05, 0.1) is 12.9 Å². The van der Waals surface area contributed by atoms with Crippen molar-refractivity contribution in [3.05, 3.63) is 29.6 Å². The normalized spacial score (nSPS) is 10.0. The van der Waals surface area contributed by atoms with Crippen LogP contribution in [0.15, 0.2) is 18.2 Å². The molecular weight excluding hydrogens is 219 g/mol. The lowest BCUT2D eigenvalue weighted by Gasteiger charge is -2.04. The third-order valence-electron chi connectivity index (χ3n) is 1.74. The van der Waals surface area contributed by atoms with E-state index in [1.165, 1.54) is 13.2 Å². The molecule has 0 amide bonds. The summed E-state index contributed by atoms with van der Waals surface area (Å²) in [5.74, 6) is -0.478. The van der Waals surface area contributed by atoms with Crippen molar-refractivity contribution in [2.45, 2.75) is 5.75 Å². The Hall–Kier alpha value is -1.23. The fraction of sp³-hybridized carbons (Fsp3) is 0.300. The number of hydrogen-bond donors (Lipinski definition) is 1. The molecule has 0 aromatic heterocycles. The van der Waals surface area contributed by atoms with Crippen LogP contribution in [0.25, 0.3) is 0 Å². The largest absolute Gasteiger partial charge is 0.497 e. The highest BCUT2D eigenvalue weighted by Gasteiger charge is 2.05. The average molecular weight is 230 g/mol. The van der Waals surface area contributed by atoms with Crippen LogP contribution in [0.3, 0.4) is 0 Å². The molecule has 0 aliphatic rings. The summed E-state index contributed by atoms with van der Waals surface area (Å²) in [5, 5.41) is 8.41. The molecule has 0 aliphatic heterocycles. The van der Waals surface area contributed by atoms with Crippen LogP contribution in [0.1, 0.15) is 5.56 Å². The first-order valence-corrected chi connectivity index (χ1v) is 5.41. The summed E-state index contributed by atoms with van der Waals surface area (Å²) in [6, 6.07) is 4.54. The van der Waals surface area contributed by atoms with E-state index in [0.29, 0.717) is 17.1 Å². The van der Waals surface area contributed by atoms with Gasteiger partial charge in [-0.05, 0) is 11.6 Å². The maximum atomic E-state index is 13.3. The van der Waals surface area contributed by atoms with E-state index in [1.54, 1.807) is 12.1 Å². The van der Waals surface area contributed by atoms with Gasteiger partial charge in [-0.15, -0.1) is 11.8 Å². The predicted octanol–water partition coefficient (Wildman–Crippen LogP) is 2.15. The third kappa shape index (κ3) is 3.79. The number of benzene rings is 1. The lowest BCUT2D eigenvalue weighted by Crippen LogP contribution is -1.99. The van der Waals surface area contributed by atoms with Gasteiger partial charge in [0.2, 0.25) is 0 Å². The van der Waals surface area contributed by atoms with Gasteiger partial charge in [0.25, 0.3) is 0 Å². The van der Waals surface area contributed by atoms with E-state index in [1.807, 2.05) is 0 Å². The van der Waals surface area contributed by atoms with Crippen molar-refractivity contribution in [3.63, 3.8) is 0 Å². The molecule has 0 radical (unpaired) electrons. The van der Waals surface area contributed by atoms with E-state index in [0.717, 1.165) is 11.8 Å². The number of ether oxygens (including phenoxy) is 1. The lowest BCUT2D eigenvalue weighted by atomic mass is 10.2. The van der Waals surface area contributed by atoms with Gasteiger partial charge in [0, 0.05) is 11.8 Å². The molecule has 0 heterocycles. The van der Waals surface area contributed by atoms with Crippen LogP contribution in [-0.2, 0) is 10.5 Å². The Morgan fingerprint density at radius 2 is 2.33 bits per heavy atom. The SMILES string of the molecule is COc1ccc(CSCC(=O)O)c(F)c1. The van der Waals surface area contributed by atoms with E-state index in [9.17, 15) is 9.18 Å². The topological polar surface area (TPSA) is 46.5 Å². The zero-order chi connectivity index (χ0) is 11.3. The van der Waals surface area contributed by atoms with E-state index < -0.39 is 5.97 Å². The predicted molar refractivity (Wildman–Crippen MR) is 56.7 cm³/mol. The van der Waals surface area contributed by atoms with E-state index >= 15 is 0 Å². The molecular formula is C10H11FO3S. The van der Waals surface area contributed by atoms with Gasteiger partial charge in [-0.2, -0.15) is 0 Å². The summed E-state index contributed by atoms with van der Waals surface area (Å²) in [6.45, 7) is 0. The number of rotatable bonds is 5. The number of carboxylic acid groups (broad SMARTS) is 1. The van der Waals surface area contributed by atoms with Crippen molar-refractivity contribution in [2.24, 2.45) is 0 Å². The van der Waals surface area contributed by atoms with E-state index in [4.69, 9.17) is 9.84 Å². The Bertz CT molecular complexity index is 355. The molecule has 1 N–H and O–H groups in total. The van der Waals surface area contributed by atoms with Crippen LogP contribution in [0.4, 0.5) is 4.39 Å². The molecule has 0 atom stereocenters. The number of halogens is 1. The Balaban J connectivity index is 2.58. The van der Waals surface area contributed by atoms with Crippen LogP contribution >= 0.6 is 11.8 Å². The molecule has 0 saturated heterocycles. The van der Waals surface area contributed by atoms with Crippen molar-refractivity contribution >= 4 is 17.7 Å². The molecule has 0 unspecified atom stereocenters. The van der Waals surface area contributed by atoms with Crippen molar-refractivity contribution < 1.29 is 19.0 Å². The van der Waals surface area contributed by atoms with Crippen LogP contribution in [-0.4, -0.2) is 23.9 Å². The van der Waals surface area contributed by atoms with E-state index in [-0.39, 0.29) is 11.6 Å². The van der Waals surface area contributed by atoms with Gasteiger partial charge in [0.1, 0.15) is 11.6 Å². The van der Waals surface area contributed by atoms with Gasteiger partial charge in [-0.1, -0.05) is 6.07 Å². The van der Waals surface area contributed by atoms with Crippen LogP contribution in [0, 0.1) is 5.82 Å².